The average molecular weight is 396 g/mol. The molecule has 0 saturated carbocycles. The van der Waals surface area contributed by atoms with Gasteiger partial charge >= 0.3 is 0 Å². The number of halogens is 1. The van der Waals surface area contributed by atoms with Crippen molar-refractivity contribution in [3.8, 4) is 10.6 Å². The molecule has 1 amide bonds. The molecule has 0 spiro atoms. The molecule has 28 heavy (non-hydrogen) atoms. The molecule has 2 aromatic heterocycles. The van der Waals surface area contributed by atoms with Crippen LogP contribution in [0.4, 0.5) is 15.9 Å². The molecule has 1 atom stereocenters. The molecule has 1 aromatic carbocycles. The van der Waals surface area contributed by atoms with Crippen LogP contribution in [-0.4, -0.2) is 33.9 Å². The van der Waals surface area contributed by atoms with Gasteiger partial charge in [0, 0.05) is 37.7 Å². The Morgan fingerprint density at radius 2 is 2.14 bits per heavy atom. The van der Waals surface area contributed by atoms with Gasteiger partial charge in [0.2, 0.25) is 5.91 Å². The minimum Gasteiger partial charge on any atom is -0.342 e. The second-order valence-electron chi connectivity index (χ2n) is 6.91. The number of carbonyl (C=O) groups excluding carboxylic acids is 1. The van der Waals surface area contributed by atoms with Gasteiger partial charge in [0.1, 0.15) is 17.5 Å². The van der Waals surface area contributed by atoms with Crippen LogP contribution < -0.4 is 5.32 Å². The number of benzene rings is 1. The van der Waals surface area contributed by atoms with Gasteiger partial charge in [-0.2, -0.15) is 0 Å². The molecule has 1 aliphatic heterocycles. The Kier molecular flexibility index (Phi) is 5.34. The Balaban J connectivity index is 1.69. The highest BCUT2D eigenvalue weighted by atomic mass is 32.1. The van der Waals surface area contributed by atoms with Gasteiger partial charge in [-0.3, -0.25) is 4.79 Å². The SMILES string of the molecule is CC(=O)N1CCCC(c2nc(Nc3cccc(F)c3)cc(-c3cccs3)n2)C1. The monoisotopic (exact) mass is 396 g/mol. The normalized spacial score (nSPS) is 16.8. The maximum absolute atomic E-state index is 13.6. The molecule has 1 unspecified atom stereocenters. The van der Waals surface area contributed by atoms with Crippen molar-refractivity contribution in [3.63, 3.8) is 0 Å². The lowest BCUT2D eigenvalue weighted by Crippen LogP contribution is -2.38. The summed E-state index contributed by atoms with van der Waals surface area (Å²) >= 11 is 1.61. The Bertz CT molecular complexity index is 976. The van der Waals surface area contributed by atoms with Crippen molar-refractivity contribution in [3.05, 3.63) is 59.5 Å². The molecule has 3 aromatic rings. The van der Waals surface area contributed by atoms with Gasteiger partial charge in [-0.15, -0.1) is 11.3 Å². The highest BCUT2D eigenvalue weighted by molar-refractivity contribution is 7.13. The number of amides is 1. The van der Waals surface area contributed by atoms with Crippen molar-refractivity contribution in [2.45, 2.75) is 25.7 Å². The summed E-state index contributed by atoms with van der Waals surface area (Å²) in [5.74, 6) is 1.21. The maximum Gasteiger partial charge on any atom is 0.219 e. The van der Waals surface area contributed by atoms with E-state index in [0.717, 1.165) is 35.8 Å². The number of aromatic nitrogens is 2. The molecule has 0 aliphatic carbocycles. The Morgan fingerprint density at radius 1 is 1.25 bits per heavy atom. The Hall–Kier alpha value is -2.80. The highest BCUT2D eigenvalue weighted by Crippen LogP contribution is 2.31. The number of likely N-dealkylation sites (tertiary alicyclic amines) is 1. The topological polar surface area (TPSA) is 58.1 Å². The summed E-state index contributed by atoms with van der Waals surface area (Å²) in [6.45, 7) is 3.01. The molecule has 1 aliphatic rings. The lowest BCUT2D eigenvalue weighted by molar-refractivity contribution is -0.130. The molecule has 5 nitrogen and oxygen atoms in total. The van der Waals surface area contributed by atoms with Crippen LogP contribution >= 0.6 is 11.3 Å². The first-order valence-corrected chi connectivity index (χ1v) is 10.2. The number of nitrogens with one attached hydrogen (secondary N) is 1. The van der Waals surface area contributed by atoms with Gasteiger partial charge in [-0.05, 0) is 42.5 Å². The predicted octanol–water partition coefficient (Wildman–Crippen LogP) is 4.81. The van der Waals surface area contributed by atoms with E-state index in [1.54, 1.807) is 30.4 Å². The average Bonchev–Trinajstić information content (AvgIpc) is 3.23. The van der Waals surface area contributed by atoms with E-state index in [4.69, 9.17) is 9.97 Å². The molecule has 0 bridgehead atoms. The van der Waals surface area contributed by atoms with Gasteiger partial charge in [-0.1, -0.05) is 12.1 Å². The number of hydrogen-bond acceptors (Lipinski definition) is 5. The van der Waals surface area contributed by atoms with Crippen LogP contribution in [0.1, 0.15) is 31.5 Å². The standard InChI is InChI=1S/C21H21FN4OS/c1-14(27)26-9-3-5-15(13-26)21-24-18(19-8-4-10-28-19)12-20(25-21)23-17-7-2-6-16(22)11-17/h2,4,6-8,10-12,15H,3,5,9,13H2,1H3,(H,23,24,25). The first kappa shape index (κ1) is 18.6. The van der Waals surface area contributed by atoms with E-state index in [0.29, 0.717) is 18.1 Å². The molecule has 0 radical (unpaired) electrons. The van der Waals surface area contributed by atoms with Crippen molar-refractivity contribution >= 4 is 28.7 Å². The van der Waals surface area contributed by atoms with Crippen LogP contribution in [0.25, 0.3) is 10.6 Å². The molecular formula is C21H21FN4OS. The lowest BCUT2D eigenvalue weighted by atomic mass is 9.97. The molecule has 1 fully saturated rings. The smallest absolute Gasteiger partial charge is 0.219 e. The predicted molar refractivity (Wildman–Crippen MR) is 109 cm³/mol. The van der Waals surface area contributed by atoms with Crippen LogP contribution in [0.15, 0.2) is 47.8 Å². The van der Waals surface area contributed by atoms with Gasteiger partial charge in [0.25, 0.3) is 0 Å². The summed E-state index contributed by atoms with van der Waals surface area (Å²) in [4.78, 5) is 24.2. The summed E-state index contributed by atoms with van der Waals surface area (Å²) in [5, 5.41) is 5.20. The van der Waals surface area contributed by atoms with Crippen LogP contribution in [0.2, 0.25) is 0 Å². The zero-order valence-corrected chi connectivity index (χ0v) is 16.4. The minimum absolute atomic E-state index is 0.0808. The Morgan fingerprint density at radius 3 is 2.89 bits per heavy atom. The largest absolute Gasteiger partial charge is 0.342 e. The molecule has 3 heterocycles. The third kappa shape index (κ3) is 4.20. The third-order valence-corrected chi connectivity index (χ3v) is 5.74. The second kappa shape index (κ2) is 8.06. The number of thiophene rings is 1. The quantitative estimate of drug-likeness (QED) is 0.687. The summed E-state index contributed by atoms with van der Waals surface area (Å²) in [7, 11) is 0. The summed E-state index contributed by atoms with van der Waals surface area (Å²) < 4.78 is 13.6. The number of hydrogen-bond donors (Lipinski definition) is 1. The van der Waals surface area contributed by atoms with Crippen molar-refractivity contribution in [2.75, 3.05) is 18.4 Å². The van der Waals surface area contributed by atoms with E-state index >= 15 is 0 Å². The summed E-state index contributed by atoms with van der Waals surface area (Å²) in [5.41, 5.74) is 1.47. The van der Waals surface area contributed by atoms with E-state index in [1.165, 1.54) is 12.1 Å². The first-order chi connectivity index (χ1) is 13.6. The van der Waals surface area contributed by atoms with Crippen LogP contribution in [0.5, 0.6) is 0 Å². The number of carbonyl (C=O) groups is 1. The number of piperidine rings is 1. The van der Waals surface area contributed by atoms with Crippen LogP contribution in [0.3, 0.4) is 0 Å². The van der Waals surface area contributed by atoms with Gasteiger partial charge in [0.05, 0.1) is 10.6 Å². The molecule has 1 saturated heterocycles. The molecule has 1 N–H and O–H groups in total. The molecule has 7 heteroatoms. The van der Waals surface area contributed by atoms with Crippen LogP contribution in [0, 0.1) is 5.82 Å². The first-order valence-electron chi connectivity index (χ1n) is 9.29. The van der Waals surface area contributed by atoms with E-state index in [9.17, 15) is 9.18 Å². The second-order valence-corrected chi connectivity index (χ2v) is 7.86. The maximum atomic E-state index is 13.6. The molecule has 4 rings (SSSR count). The number of nitrogens with zero attached hydrogens (tertiary/aromatic N) is 3. The number of anilines is 2. The van der Waals surface area contributed by atoms with Crippen molar-refractivity contribution < 1.29 is 9.18 Å². The number of rotatable bonds is 4. The lowest BCUT2D eigenvalue weighted by Gasteiger charge is -2.31. The molecule has 144 valence electrons. The highest BCUT2D eigenvalue weighted by Gasteiger charge is 2.26. The molecular weight excluding hydrogens is 375 g/mol. The van der Waals surface area contributed by atoms with Gasteiger partial charge < -0.3 is 10.2 Å². The fraction of sp³-hybridized carbons (Fsp3) is 0.286. The minimum atomic E-state index is -0.304. The summed E-state index contributed by atoms with van der Waals surface area (Å²) in [6.07, 6.45) is 1.88. The van der Waals surface area contributed by atoms with Gasteiger partial charge in [-0.25, -0.2) is 14.4 Å². The fourth-order valence-corrected chi connectivity index (χ4v) is 4.14. The van der Waals surface area contributed by atoms with Crippen LogP contribution in [-0.2, 0) is 4.79 Å². The van der Waals surface area contributed by atoms with E-state index in [-0.39, 0.29) is 17.6 Å². The zero-order chi connectivity index (χ0) is 19.5. The van der Waals surface area contributed by atoms with Gasteiger partial charge in [0.15, 0.2) is 0 Å². The fourth-order valence-electron chi connectivity index (χ4n) is 3.45. The van der Waals surface area contributed by atoms with Crippen molar-refractivity contribution in [2.24, 2.45) is 0 Å². The van der Waals surface area contributed by atoms with E-state index in [2.05, 4.69) is 5.32 Å². The Labute approximate surface area is 167 Å². The summed E-state index contributed by atoms with van der Waals surface area (Å²) in [6, 6.07) is 12.2. The van der Waals surface area contributed by atoms with E-state index < -0.39 is 0 Å². The van der Waals surface area contributed by atoms with Crippen molar-refractivity contribution in [1.29, 1.82) is 0 Å². The van der Waals surface area contributed by atoms with E-state index in [1.807, 2.05) is 28.5 Å². The zero-order valence-electron chi connectivity index (χ0n) is 15.6. The third-order valence-electron chi connectivity index (χ3n) is 4.85. The van der Waals surface area contributed by atoms with Crippen molar-refractivity contribution in [1.82, 2.24) is 14.9 Å².